The van der Waals surface area contributed by atoms with Gasteiger partial charge in [0, 0.05) is 31.9 Å². The van der Waals surface area contributed by atoms with E-state index in [2.05, 4.69) is 15.2 Å². The van der Waals surface area contributed by atoms with E-state index in [0.29, 0.717) is 37.0 Å². The second-order valence-electron chi connectivity index (χ2n) is 9.55. The van der Waals surface area contributed by atoms with Crippen molar-refractivity contribution in [3.63, 3.8) is 0 Å². The summed E-state index contributed by atoms with van der Waals surface area (Å²) in [6, 6.07) is 7.06. The number of anilines is 4. The number of carbonyl (C=O) groups is 1. The van der Waals surface area contributed by atoms with E-state index in [9.17, 15) is 18.0 Å². The Kier molecular flexibility index (Phi) is 5.77. The number of amides is 2. The molecule has 2 atom stereocenters. The zero-order valence-corrected chi connectivity index (χ0v) is 19.4. The number of fused-ring (bicyclic) bond motifs is 4. The van der Waals surface area contributed by atoms with Crippen molar-refractivity contribution in [2.45, 2.75) is 51.7 Å². The lowest BCUT2D eigenvalue weighted by Gasteiger charge is -2.46. The summed E-state index contributed by atoms with van der Waals surface area (Å²) in [5, 5.41) is 2.92. The van der Waals surface area contributed by atoms with Crippen LogP contribution in [0, 0.1) is 19.8 Å². The standard InChI is InChI=1S/C24H29F3N6O/c1-15-11-16(2)28-20(12-15)29-23(34)33-18-6-4-9-31(14-18)19-7-8-21(30-22(19)33)32-10-3-5-17(13-32)24(25,26)27/h7-8,11-12,17-18H,3-6,9-10,13-14H2,1-2H3,(H,28,29,34)/t17?,18-/m0/s1. The first-order chi connectivity index (χ1) is 16.2. The van der Waals surface area contributed by atoms with Crippen molar-refractivity contribution < 1.29 is 18.0 Å². The molecule has 2 bridgehead atoms. The summed E-state index contributed by atoms with van der Waals surface area (Å²) >= 11 is 0. The Morgan fingerprint density at radius 2 is 1.79 bits per heavy atom. The zero-order chi connectivity index (χ0) is 24.0. The third-order valence-corrected chi connectivity index (χ3v) is 6.93. The monoisotopic (exact) mass is 474 g/mol. The zero-order valence-electron chi connectivity index (χ0n) is 19.4. The number of piperidine rings is 2. The SMILES string of the molecule is Cc1cc(C)nc(NC(=O)N2c3nc(N4CCCC(C(F)(F)F)C4)ccc3N3CCC[C@H]2C3)c1. The van der Waals surface area contributed by atoms with Crippen LogP contribution in [0.3, 0.4) is 0 Å². The summed E-state index contributed by atoms with van der Waals surface area (Å²) in [6.07, 6.45) is -1.83. The van der Waals surface area contributed by atoms with E-state index in [1.807, 2.05) is 32.0 Å². The van der Waals surface area contributed by atoms with Crippen LogP contribution in [0.4, 0.5) is 41.1 Å². The number of nitrogens with one attached hydrogen (secondary N) is 1. The van der Waals surface area contributed by atoms with Crippen molar-refractivity contribution in [1.29, 1.82) is 0 Å². The lowest BCUT2D eigenvalue weighted by Crippen LogP contribution is -2.56. The highest BCUT2D eigenvalue weighted by atomic mass is 19.4. The Balaban J connectivity index is 1.47. The van der Waals surface area contributed by atoms with Gasteiger partial charge >= 0.3 is 12.2 Å². The van der Waals surface area contributed by atoms with E-state index in [1.165, 1.54) is 0 Å². The Morgan fingerprint density at radius 1 is 1.03 bits per heavy atom. The van der Waals surface area contributed by atoms with Crippen molar-refractivity contribution >= 4 is 29.2 Å². The smallest absolute Gasteiger partial charge is 0.366 e. The molecule has 1 unspecified atom stereocenters. The molecule has 10 heteroatoms. The average Bonchev–Trinajstić information content (AvgIpc) is 2.78. The molecular formula is C24H29F3N6O. The number of aromatic nitrogens is 2. The van der Waals surface area contributed by atoms with Gasteiger partial charge in [0.15, 0.2) is 5.82 Å². The van der Waals surface area contributed by atoms with Gasteiger partial charge in [0.2, 0.25) is 0 Å². The third-order valence-electron chi connectivity index (χ3n) is 6.93. The summed E-state index contributed by atoms with van der Waals surface area (Å²) in [4.78, 5) is 28.3. The van der Waals surface area contributed by atoms with Crippen molar-refractivity contribution in [1.82, 2.24) is 9.97 Å². The summed E-state index contributed by atoms with van der Waals surface area (Å²) < 4.78 is 40.1. The number of hydrogen-bond donors (Lipinski definition) is 1. The number of alkyl halides is 3. The summed E-state index contributed by atoms with van der Waals surface area (Å²) in [6.45, 7) is 5.81. The Hall–Kier alpha value is -3.04. The molecule has 182 valence electrons. The number of aryl methyl sites for hydroxylation is 2. The fourth-order valence-electron chi connectivity index (χ4n) is 5.38. The number of halogens is 3. The van der Waals surface area contributed by atoms with Gasteiger partial charge in [-0.1, -0.05) is 0 Å². The van der Waals surface area contributed by atoms with Crippen LogP contribution in [0.15, 0.2) is 24.3 Å². The van der Waals surface area contributed by atoms with Crippen molar-refractivity contribution in [2.75, 3.05) is 46.2 Å². The second kappa shape index (κ2) is 8.63. The van der Waals surface area contributed by atoms with Crippen molar-refractivity contribution in [2.24, 2.45) is 5.92 Å². The first kappa shape index (κ1) is 22.7. The van der Waals surface area contributed by atoms with Gasteiger partial charge in [0.25, 0.3) is 0 Å². The molecule has 2 amide bonds. The molecule has 5 heterocycles. The lowest BCUT2D eigenvalue weighted by molar-refractivity contribution is -0.176. The van der Waals surface area contributed by atoms with Crippen LogP contribution < -0.4 is 20.0 Å². The minimum atomic E-state index is -4.22. The molecule has 2 fully saturated rings. The minimum Gasteiger partial charge on any atom is -0.366 e. The van der Waals surface area contributed by atoms with E-state index >= 15 is 0 Å². The summed E-state index contributed by atoms with van der Waals surface area (Å²) in [7, 11) is 0. The number of rotatable bonds is 2. The molecule has 34 heavy (non-hydrogen) atoms. The van der Waals surface area contributed by atoms with Crippen LogP contribution in [0.1, 0.15) is 36.9 Å². The van der Waals surface area contributed by atoms with E-state index in [-0.39, 0.29) is 25.0 Å². The highest BCUT2D eigenvalue weighted by Crippen LogP contribution is 2.41. The van der Waals surface area contributed by atoms with Crippen LogP contribution in [-0.2, 0) is 0 Å². The van der Waals surface area contributed by atoms with E-state index in [4.69, 9.17) is 4.98 Å². The number of carbonyl (C=O) groups excluding carboxylic acids is 1. The largest absolute Gasteiger partial charge is 0.393 e. The number of hydrogen-bond acceptors (Lipinski definition) is 5. The van der Waals surface area contributed by atoms with Crippen LogP contribution in [0.2, 0.25) is 0 Å². The van der Waals surface area contributed by atoms with E-state index < -0.39 is 12.1 Å². The quantitative estimate of drug-likeness (QED) is 0.671. The predicted octanol–water partition coefficient (Wildman–Crippen LogP) is 4.89. The Labute approximate surface area is 197 Å². The number of nitrogens with zero attached hydrogens (tertiary/aromatic N) is 5. The van der Waals surface area contributed by atoms with Crippen molar-refractivity contribution in [3.8, 4) is 0 Å². The predicted molar refractivity (Wildman–Crippen MR) is 126 cm³/mol. The van der Waals surface area contributed by atoms with Crippen LogP contribution in [0.5, 0.6) is 0 Å². The molecule has 2 aromatic rings. The van der Waals surface area contributed by atoms with Crippen LogP contribution in [-0.4, -0.2) is 54.4 Å². The van der Waals surface area contributed by atoms with Gasteiger partial charge < -0.3 is 9.80 Å². The van der Waals surface area contributed by atoms with Gasteiger partial charge in [-0.15, -0.1) is 0 Å². The molecule has 2 aromatic heterocycles. The first-order valence-corrected chi connectivity index (χ1v) is 11.8. The highest BCUT2D eigenvalue weighted by molar-refractivity contribution is 6.04. The highest BCUT2D eigenvalue weighted by Gasteiger charge is 2.43. The van der Waals surface area contributed by atoms with Gasteiger partial charge in [0.05, 0.1) is 17.6 Å². The lowest BCUT2D eigenvalue weighted by atomic mass is 9.97. The number of pyridine rings is 2. The third kappa shape index (κ3) is 4.37. The van der Waals surface area contributed by atoms with Gasteiger partial charge in [-0.25, -0.2) is 14.8 Å². The molecular weight excluding hydrogens is 445 g/mol. The van der Waals surface area contributed by atoms with Crippen molar-refractivity contribution in [3.05, 3.63) is 35.5 Å². The molecule has 1 N–H and O–H groups in total. The fraction of sp³-hybridized carbons (Fsp3) is 0.542. The molecule has 0 saturated carbocycles. The molecule has 2 saturated heterocycles. The Morgan fingerprint density at radius 3 is 2.56 bits per heavy atom. The molecule has 0 spiro atoms. The minimum absolute atomic E-state index is 0.0563. The molecule has 3 aliphatic rings. The van der Waals surface area contributed by atoms with Crippen LogP contribution in [0.25, 0.3) is 0 Å². The fourth-order valence-corrected chi connectivity index (χ4v) is 5.38. The molecule has 0 radical (unpaired) electrons. The molecule has 7 nitrogen and oxygen atoms in total. The number of urea groups is 1. The average molecular weight is 475 g/mol. The maximum absolute atomic E-state index is 13.5. The van der Waals surface area contributed by atoms with Gasteiger partial charge in [-0.2, -0.15) is 13.2 Å². The first-order valence-electron chi connectivity index (χ1n) is 11.8. The van der Waals surface area contributed by atoms with Gasteiger partial charge in [-0.05, 0) is 69.4 Å². The maximum atomic E-state index is 13.5. The normalized spacial score (nSPS) is 22.4. The molecule has 5 rings (SSSR count). The second-order valence-corrected chi connectivity index (χ2v) is 9.55. The molecule has 0 aromatic carbocycles. The van der Waals surface area contributed by atoms with E-state index in [1.54, 1.807) is 15.9 Å². The van der Waals surface area contributed by atoms with Crippen LogP contribution >= 0.6 is 0 Å². The van der Waals surface area contributed by atoms with Gasteiger partial charge in [0.1, 0.15) is 11.6 Å². The molecule has 3 aliphatic heterocycles. The maximum Gasteiger partial charge on any atom is 0.393 e. The Bertz CT molecular complexity index is 1070. The van der Waals surface area contributed by atoms with E-state index in [0.717, 1.165) is 36.3 Å². The van der Waals surface area contributed by atoms with Gasteiger partial charge in [-0.3, -0.25) is 10.2 Å². The summed E-state index contributed by atoms with van der Waals surface area (Å²) in [5.74, 6) is 0.0976. The molecule has 0 aliphatic carbocycles. The summed E-state index contributed by atoms with van der Waals surface area (Å²) in [5.41, 5.74) is 2.64. The topological polar surface area (TPSA) is 64.6 Å².